The molecule has 0 atom stereocenters. The molecule has 1 fully saturated rings. The Bertz CT molecular complexity index is 1340. The highest BCUT2D eigenvalue weighted by molar-refractivity contribution is 7.92. The zero-order chi connectivity index (χ0) is 24.5. The van der Waals surface area contributed by atoms with E-state index in [1.54, 1.807) is 0 Å². The predicted octanol–water partition coefficient (Wildman–Crippen LogP) is 3.25. The maximum Gasteiger partial charge on any atom is 0.275 e. The van der Waals surface area contributed by atoms with Crippen LogP contribution in [-0.2, 0) is 20.0 Å². The van der Waals surface area contributed by atoms with Crippen LogP contribution >= 0.6 is 22.7 Å². The molecule has 0 saturated heterocycles. The molecule has 0 unspecified atom stereocenters. The lowest BCUT2D eigenvalue weighted by molar-refractivity contribution is 0.591. The van der Waals surface area contributed by atoms with Crippen molar-refractivity contribution < 1.29 is 25.6 Å². The molecule has 186 valence electrons. The third-order valence-electron chi connectivity index (χ3n) is 4.92. The van der Waals surface area contributed by atoms with Crippen molar-refractivity contribution in [3.05, 3.63) is 22.4 Å². The molecule has 0 aromatic carbocycles. The van der Waals surface area contributed by atoms with Gasteiger partial charge in [-0.2, -0.15) is 8.78 Å². The van der Waals surface area contributed by atoms with Crippen molar-refractivity contribution in [3.8, 4) is 0 Å². The molecular formula is C18H22F2N6O4S4. The van der Waals surface area contributed by atoms with Gasteiger partial charge in [-0.05, 0) is 19.3 Å². The molecule has 2 aliphatic heterocycles. The summed E-state index contributed by atoms with van der Waals surface area (Å²) in [6.45, 7) is 2.43. The minimum absolute atomic E-state index is 0.0228. The second kappa shape index (κ2) is 9.75. The maximum absolute atomic E-state index is 13.1. The lowest BCUT2D eigenvalue weighted by atomic mass is 10.3. The normalized spacial score (nSPS) is 22.4. The molecule has 2 aromatic rings. The van der Waals surface area contributed by atoms with E-state index in [-0.39, 0.29) is 37.8 Å². The molecule has 34 heavy (non-hydrogen) atoms. The van der Waals surface area contributed by atoms with Crippen molar-refractivity contribution in [2.75, 3.05) is 17.2 Å². The van der Waals surface area contributed by atoms with Crippen molar-refractivity contribution >= 4 is 66.0 Å². The van der Waals surface area contributed by atoms with Gasteiger partial charge in [-0.3, -0.25) is 4.99 Å². The Morgan fingerprint density at radius 3 is 1.94 bits per heavy atom. The third-order valence-corrected chi connectivity index (χ3v) is 10.5. The first kappa shape index (κ1) is 24.8. The smallest absolute Gasteiger partial charge is 0.275 e. The summed E-state index contributed by atoms with van der Waals surface area (Å²) in [4.78, 5) is 8.34. The summed E-state index contributed by atoms with van der Waals surface area (Å²) in [5.41, 5.74) is 0.518. The minimum Gasteiger partial charge on any atom is -0.324 e. The zero-order valence-electron chi connectivity index (χ0n) is 17.9. The van der Waals surface area contributed by atoms with Crippen LogP contribution in [0.4, 0.5) is 20.2 Å². The van der Waals surface area contributed by atoms with Gasteiger partial charge in [0.15, 0.2) is 18.7 Å². The third kappa shape index (κ3) is 5.50. The average Bonchev–Trinajstić information content (AvgIpc) is 3.46. The van der Waals surface area contributed by atoms with Gasteiger partial charge in [0.1, 0.15) is 0 Å². The second-order valence-electron chi connectivity index (χ2n) is 7.61. The van der Waals surface area contributed by atoms with Crippen LogP contribution in [0, 0.1) is 10.3 Å². The number of hydrogen-bond acceptors (Lipinski definition) is 8. The molecule has 1 aliphatic carbocycles. The van der Waals surface area contributed by atoms with E-state index in [4.69, 9.17) is 0 Å². The molecule has 10 nitrogen and oxygen atoms in total. The molecule has 3 aliphatic rings. The van der Waals surface area contributed by atoms with Crippen LogP contribution in [0.1, 0.15) is 39.0 Å². The Kier molecular flexibility index (Phi) is 7.12. The summed E-state index contributed by atoms with van der Waals surface area (Å²) in [7, 11) is -7.34. The number of fused-ring (bicyclic) bond motifs is 2. The first-order valence-electron chi connectivity index (χ1n) is 10.4. The molecule has 16 heteroatoms. The van der Waals surface area contributed by atoms with Crippen molar-refractivity contribution in [1.82, 2.24) is 9.44 Å². The molecule has 1 saturated carbocycles. The molecule has 5 rings (SSSR count). The fraction of sp³-hybridized carbons (Fsp3) is 0.444. The number of nitrogens with one attached hydrogen (secondary N) is 4. The highest BCUT2D eigenvalue weighted by Gasteiger charge is 2.31. The van der Waals surface area contributed by atoms with E-state index in [9.17, 15) is 25.6 Å². The van der Waals surface area contributed by atoms with Gasteiger partial charge in [-0.1, -0.05) is 42.4 Å². The van der Waals surface area contributed by atoms with Gasteiger partial charge in [0, 0.05) is 18.7 Å². The topological polar surface area (TPSA) is 141 Å². The Balaban J connectivity index is 0.000000162. The highest BCUT2D eigenvalue weighted by atomic mass is 32.3. The lowest BCUT2D eigenvalue weighted by Gasteiger charge is -2.19. The summed E-state index contributed by atoms with van der Waals surface area (Å²) >= 11 is 1.20. The molecular weight excluding hydrogens is 531 g/mol. The zero-order valence-corrected chi connectivity index (χ0v) is 21.2. The number of sulfonamides is 2. The van der Waals surface area contributed by atoms with Crippen LogP contribution in [0.5, 0.6) is 0 Å². The number of guanidine groups is 2. The van der Waals surface area contributed by atoms with E-state index < -0.39 is 30.3 Å². The number of nitrogens with zero attached hydrogens (tertiary/aromatic N) is 2. The van der Waals surface area contributed by atoms with Gasteiger partial charge in [0.2, 0.25) is 11.9 Å². The van der Waals surface area contributed by atoms with Crippen molar-refractivity contribution in [2.45, 2.75) is 53.5 Å². The van der Waals surface area contributed by atoms with Crippen molar-refractivity contribution in [2.24, 2.45) is 9.98 Å². The fourth-order valence-electron chi connectivity index (χ4n) is 3.49. The lowest BCUT2D eigenvalue weighted by Crippen LogP contribution is -2.40. The van der Waals surface area contributed by atoms with Crippen LogP contribution in [-0.4, -0.2) is 41.3 Å². The van der Waals surface area contributed by atoms with Crippen LogP contribution in [0.3, 0.4) is 0 Å². The van der Waals surface area contributed by atoms with Crippen LogP contribution in [0.25, 0.3) is 0 Å². The number of rotatable bonds is 3. The van der Waals surface area contributed by atoms with Gasteiger partial charge in [0.05, 0.1) is 17.4 Å². The van der Waals surface area contributed by atoms with E-state index in [0.717, 1.165) is 38.2 Å². The van der Waals surface area contributed by atoms with Crippen LogP contribution in [0.15, 0.2) is 30.5 Å². The SMILES string of the molecule is CCCN=C1Nc2cc(F)sc2S(=O)(=O)N1.O=S1(=O)NC(=NC2CCCC2)Nc2cc(F)sc21. The van der Waals surface area contributed by atoms with Crippen molar-refractivity contribution in [3.63, 3.8) is 0 Å². The molecule has 0 bridgehead atoms. The Hall–Kier alpha value is -2.30. The first-order chi connectivity index (χ1) is 16.1. The van der Waals surface area contributed by atoms with E-state index in [1.165, 1.54) is 6.07 Å². The summed E-state index contributed by atoms with van der Waals surface area (Å²) in [6.07, 6.45) is 4.98. The van der Waals surface area contributed by atoms with Crippen molar-refractivity contribution in [1.29, 1.82) is 0 Å². The van der Waals surface area contributed by atoms with Gasteiger partial charge in [0.25, 0.3) is 20.0 Å². The Morgan fingerprint density at radius 1 is 0.912 bits per heavy atom. The number of thiophene rings is 2. The molecule has 4 N–H and O–H groups in total. The summed E-state index contributed by atoms with van der Waals surface area (Å²) in [6, 6.07) is 2.49. The first-order valence-corrected chi connectivity index (χ1v) is 15.0. The average molecular weight is 553 g/mol. The molecule has 0 radical (unpaired) electrons. The standard InChI is InChI=1S/C10H12FN3O2S2.C8H10FN3O2S2/c11-8-5-7-9(17-8)18(15,16)14-10(13-7)12-6-3-1-2-4-6;1-2-3-10-8-11-5-4-6(9)15-7(5)16(13,14)12-8/h5-6H,1-4H2,(H2,12,13,14);4H,2-3H2,1H3,(H2,10,11,12). The Labute approximate surface area is 203 Å². The Morgan fingerprint density at radius 2 is 1.41 bits per heavy atom. The van der Waals surface area contributed by atoms with E-state index in [2.05, 4.69) is 30.1 Å². The molecule has 0 spiro atoms. The summed E-state index contributed by atoms with van der Waals surface area (Å²) in [5, 5.41) is 4.50. The quantitative estimate of drug-likeness (QED) is 0.461. The number of hydrogen-bond donors (Lipinski definition) is 4. The molecule has 2 aromatic heterocycles. The second-order valence-corrected chi connectivity index (χ2v) is 13.4. The van der Waals surface area contributed by atoms with Gasteiger partial charge in [-0.25, -0.2) is 31.3 Å². The minimum atomic E-state index is -3.68. The van der Waals surface area contributed by atoms with Crippen LogP contribution in [0.2, 0.25) is 0 Å². The maximum atomic E-state index is 13.1. The summed E-state index contributed by atoms with van der Waals surface area (Å²) in [5.74, 6) is 0.347. The number of aliphatic imine (C=N–C) groups is 2. The number of anilines is 2. The predicted molar refractivity (Wildman–Crippen MR) is 129 cm³/mol. The van der Waals surface area contributed by atoms with Gasteiger partial charge in [-0.15, -0.1) is 0 Å². The van der Waals surface area contributed by atoms with E-state index in [1.807, 2.05) is 6.92 Å². The molecule has 0 amide bonds. The van der Waals surface area contributed by atoms with Gasteiger partial charge < -0.3 is 10.6 Å². The number of halogens is 2. The fourth-order valence-corrected chi connectivity index (χ4v) is 7.95. The summed E-state index contributed by atoms with van der Waals surface area (Å²) < 4.78 is 77.7. The van der Waals surface area contributed by atoms with E-state index >= 15 is 0 Å². The molecule has 4 heterocycles. The van der Waals surface area contributed by atoms with Crippen LogP contribution < -0.4 is 20.1 Å². The highest BCUT2D eigenvalue weighted by Crippen LogP contribution is 2.34. The monoisotopic (exact) mass is 552 g/mol. The largest absolute Gasteiger partial charge is 0.324 e. The van der Waals surface area contributed by atoms with E-state index in [0.29, 0.717) is 29.2 Å². The van der Waals surface area contributed by atoms with Gasteiger partial charge >= 0.3 is 0 Å².